The van der Waals surface area contributed by atoms with Crippen LogP contribution in [-0.4, -0.2) is 13.0 Å². The average molecular weight is 365 g/mol. The topological polar surface area (TPSA) is 65.1 Å². The summed E-state index contributed by atoms with van der Waals surface area (Å²) in [6.45, 7) is 1.87. The van der Waals surface area contributed by atoms with Crippen LogP contribution in [0.3, 0.4) is 0 Å². The summed E-state index contributed by atoms with van der Waals surface area (Å²) in [5.41, 5.74) is 3.10. The monoisotopic (exact) mass is 364 g/mol. The Morgan fingerprint density at radius 1 is 1.04 bits per heavy atom. The minimum Gasteiger partial charge on any atom is -0.300 e. The number of benzene rings is 2. The smallest absolute Gasteiger partial charge is 0.238 e. The summed E-state index contributed by atoms with van der Waals surface area (Å²) in [5, 5.41) is 5.63. The van der Waals surface area contributed by atoms with Gasteiger partial charge in [0.1, 0.15) is 11.0 Å². The number of primary sulfonamides is 1. The molecule has 2 aromatic carbocycles. The number of halogens is 2. The van der Waals surface area contributed by atoms with Gasteiger partial charge in [-0.25, -0.2) is 17.9 Å². The predicted molar refractivity (Wildman–Crippen MR) is 92.3 cm³/mol. The fourth-order valence-corrected chi connectivity index (χ4v) is 3.24. The molecule has 24 heavy (non-hydrogen) atoms. The van der Waals surface area contributed by atoms with Crippen LogP contribution in [0, 0.1) is 12.7 Å². The number of nitrogens with zero attached hydrogens (tertiary/aromatic N) is 1. The maximum atomic E-state index is 13.2. The molecule has 0 aliphatic carbocycles. The third-order valence-corrected chi connectivity index (χ3v) is 5.08. The van der Waals surface area contributed by atoms with E-state index in [0.717, 1.165) is 16.8 Å². The average Bonchev–Trinajstić information content (AvgIpc) is 2.83. The van der Waals surface area contributed by atoms with Gasteiger partial charge in [-0.15, -0.1) is 0 Å². The molecule has 3 rings (SSSR count). The lowest BCUT2D eigenvalue weighted by Crippen LogP contribution is -2.11. The standard InChI is InChI=1S/C17H14ClFN2O2S/c1-11-10-16(12-2-8-15(9-3-12)24(20,22)23)21(17(11)18)14-6-4-13(19)5-7-14/h2-10H,1H3,(H2,20,22,23). The lowest BCUT2D eigenvalue weighted by molar-refractivity contribution is 0.598. The first kappa shape index (κ1) is 16.7. The van der Waals surface area contributed by atoms with Crippen molar-refractivity contribution in [2.75, 3.05) is 0 Å². The molecule has 3 aromatic rings. The summed E-state index contributed by atoms with van der Waals surface area (Å²) in [7, 11) is -3.75. The number of rotatable bonds is 3. The van der Waals surface area contributed by atoms with Gasteiger partial charge in [0.15, 0.2) is 0 Å². The molecule has 0 atom stereocenters. The molecule has 2 N–H and O–H groups in total. The van der Waals surface area contributed by atoms with Gasteiger partial charge in [0.2, 0.25) is 10.0 Å². The van der Waals surface area contributed by atoms with E-state index in [9.17, 15) is 12.8 Å². The summed E-state index contributed by atoms with van der Waals surface area (Å²) < 4.78 is 37.7. The molecule has 7 heteroatoms. The van der Waals surface area contributed by atoms with Gasteiger partial charge in [0, 0.05) is 5.69 Å². The highest BCUT2D eigenvalue weighted by Gasteiger charge is 2.15. The Kier molecular flexibility index (Phi) is 4.21. The van der Waals surface area contributed by atoms with E-state index in [0.29, 0.717) is 10.8 Å². The number of aromatic nitrogens is 1. The Labute approximate surface area is 144 Å². The minimum absolute atomic E-state index is 0.0361. The summed E-state index contributed by atoms with van der Waals surface area (Å²) in [5.74, 6) is -0.335. The van der Waals surface area contributed by atoms with E-state index in [1.165, 1.54) is 24.3 Å². The molecule has 0 aliphatic heterocycles. The number of hydrogen-bond donors (Lipinski definition) is 1. The highest BCUT2D eigenvalue weighted by molar-refractivity contribution is 7.89. The zero-order chi connectivity index (χ0) is 17.5. The highest BCUT2D eigenvalue weighted by atomic mass is 35.5. The third kappa shape index (κ3) is 3.08. The van der Waals surface area contributed by atoms with E-state index in [1.807, 2.05) is 13.0 Å². The predicted octanol–water partition coefficient (Wildman–Crippen LogP) is 3.89. The van der Waals surface area contributed by atoms with Crippen molar-refractivity contribution in [3.8, 4) is 16.9 Å². The third-order valence-electron chi connectivity index (χ3n) is 3.68. The van der Waals surface area contributed by atoms with Gasteiger partial charge in [-0.3, -0.25) is 4.57 Å². The lowest BCUT2D eigenvalue weighted by Gasteiger charge is -2.11. The minimum atomic E-state index is -3.75. The van der Waals surface area contributed by atoms with Crippen molar-refractivity contribution in [1.29, 1.82) is 0 Å². The molecular formula is C17H14ClFN2O2S. The molecule has 4 nitrogen and oxygen atoms in total. The van der Waals surface area contributed by atoms with Gasteiger partial charge < -0.3 is 0 Å². The van der Waals surface area contributed by atoms with Crippen LogP contribution >= 0.6 is 11.6 Å². The summed E-state index contributed by atoms with van der Waals surface area (Å²) in [6, 6.07) is 14.1. The largest absolute Gasteiger partial charge is 0.300 e. The Morgan fingerprint density at radius 3 is 2.17 bits per heavy atom. The highest BCUT2D eigenvalue weighted by Crippen LogP contribution is 2.32. The Morgan fingerprint density at radius 2 is 1.62 bits per heavy atom. The van der Waals surface area contributed by atoms with Crippen LogP contribution in [0.5, 0.6) is 0 Å². The van der Waals surface area contributed by atoms with Crippen molar-refractivity contribution in [2.24, 2.45) is 5.14 Å². The fourth-order valence-electron chi connectivity index (χ4n) is 2.48. The van der Waals surface area contributed by atoms with Crippen molar-refractivity contribution >= 4 is 21.6 Å². The van der Waals surface area contributed by atoms with E-state index >= 15 is 0 Å². The van der Waals surface area contributed by atoms with Gasteiger partial charge in [0.25, 0.3) is 0 Å². The lowest BCUT2D eigenvalue weighted by atomic mass is 10.1. The molecule has 0 saturated heterocycles. The zero-order valence-corrected chi connectivity index (χ0v) is 14.3. The normalized spacial score (nSPS) is 11.7. The number of aryl methyl sites for hydroxylation is 1. The van der Waals surface area contributed by atoms with Crippen molar-refractivity contribution in [3.63, 3.8) is 0 Å². The Balaban J connectivity index is 2.15. The van der Waals surface area contributed by atoms with Crippen molar-refractivity contribution in [2.45, 2.75) is 11.8 Å². The van der Waals surface area contributed by atoms with E-state index in [4.69, 9.17) is 16.7 Å². The molecule has 124 valence electrons. The summed E-state index contributed by atoms with van der Waals surface area (Å²) >= 11 is 6.40. The molecule has 0 spiro atoms. The maximum Gasteiger partial charge on any atom is 0.238 e. The van der Waals surface area contributed by atoms with Gasteiger partial charge in [-0.2, -0.15) is 0 Å². The van der Waals surface area contributed by atoms with Crippen LogP contribution in [0.4, 0.5) is 4.39 Å². The van der Waals surface area contributed by atoms with Crippen LogP contribution in [-0.2, 0) is 10.0 Å². The molecule has 0 radical (unpaired) electrons. The molecule has 1 aromatic heterocycles. The summed E-state index contributed by atoms with van der Waals surface area (Å²) in [4.78, 5) is 0.0361. The first-order valence-corrected chi connectivity index (χ1v) is 8.97. The SMILES string of the molecule is Cc1cc(-c2ccc(S(N)(=O)=O)cc2)n(-c2ccc(F)cc2)c1Cl. The number of nitrogens with two attached hydrogens (primary N) is 1. The van der Waals surface area contributed by atoms with E-state index in [2.05, 4.69) is 0 Å². The molecule has 1 heterocycles. The first-order chi connectivity index (χ1) is 11.3. The second kappa shape index (κ2) is 6.05. The van der Waals surface area contributed by atoms with Gasteiger partial charge in [-0.05, 0) is 60.5 Å². The van der Waals surface area contributed by atoms with Crippen LogP contribution < -0.4 is 5.14 Å². The van der Waals surface area contributed by atoms with E-state index in [1.54, 1.807) is 28.8 Å². The zero-order valence-electron chi connectivity index (χ0n) is 12.7. The maximum absolute atomic E-state index is 13.2. The number of sulfonamides is 1. The Hall–Kier alpha value is -2.15. The molecule has 0 fully saturated rings. The van der Waals surface area contributed by atoms with Crippen LogP contribution in [0.15, 0.2) is 59.5 Å². The van der Waals surface area contributed by atoms with E-state index in [-0.39, 0.29) is 10.7 Å². The Bertz CT molecular complexity index is 994. The molecular weight excluding hydrogens is 351 g/mol. The van der Waals surface area contributed by atoms with E-state index < -0.39 is 10.0 Å². The molecule has 0 aliphatic rings. The second-order valence-electron chi connectivity index (χ2n) is 5.38. The van der Waals surface area contributed by atoms with Gasteiger partial charge in [-0.1, -0.05) is 23.7 Å². The van der Waals surface area contributed by atoms with Crippen LogP contribution in [0.2, 0.25) is 5.15 Å². The second-order valence-corrected chi connectivity index (χ2v) is 7.30. The van der Waals surface area contributed by atoms with Crippen molar-refractivity contribution in [1.82, 2.24) is 4.57 Å². The quantitative estimate of drug-likeness (QED) is 0.766. The number of hydrogen-bond acceptors (Lipinski definition) is 2. The van der Waals surface area contributed by atoms with Crippen LogP contribution in [0.1, 0.15) is 5.56 Å². The first-order valence-electron chi connectivity index (χ1n) is 7.04. The molecule has 0 unspecified atom stereocenters. The van der Waals surface area contributed by atoms with Gasteiger partial charge >= 0.3 is 0 Å². The van der Waals surface area contributed by atoms with Crippen LogP contribution in [0.25, 0.3) is 16.9 Å². The fraction of sp³-hybridized carbons (Fsp3) is 0.0588. The van der Waals surface area contributed by atoms with Gasteiger partial charge in [0.05, 0.1) is 10.6 Å². The van der Waals surface area contributed by atoms with Crippen molar-refractivity contribution in [3.05, 3.63) is 71.1 Å². The molecule has 0 saturated carbocycles. The molecule has 0 amide bonds. The summed E-state index contributed by atoms with van der Waals surface area (Å²) in [6.07, 6.45) is 0. The molecule has 0 bridgehead atoms. The van der Waals surface area contributed by atoms with Crippen molar-refractivity contribution < 1.29 is 12.8 Å².